The molecule has 9 heteroatoms. The molecule has 5 rings (SSSR count). The second-order valence-corrected chi connectivity index (χ2v) is 10.0. The van der Waals surface area contributed by atoms with Gasteiger partial charge < -0.3 is 14.4 Å². The molecule has 2 saturated heterocycles. The van der Waals surface area contributed by atoms with Crippen LogP contribution in [0.2, 0.25) is 0 Å². The molecule has 0 unspecified atom stereocenters. The Morgan fingerprint density at radius 2 is 1.83 bits per heavy atom. The molecule has 1 spiro atoms. The molecule has 0 radical (unpaired) electrons. The third kappa shape index (κ3) is 4.16. The monoisotopic (exact) mass is 508 g/mol. The van der Waals surface area contributed by atoms with E-state index in [1.54, 1.807) is 29.2 Å². The van der Waals surface area contributed by atoms with E-state index in [1.807, 2.05) is 0 Å². The van der Waals surface area contributed by atoms with Crippen LogP contribution in [-0.2, 0) is 9.53 Å². The number of hydrogen-bond donors (Lipinski definition) is 0. The van der Waals surface area contributed by atoms with Crippen molar-refractivity contribution in [3.05, 3.63) is 64.5 Å². The van der Waals surface area contributed by atoms with Gasteiger partial charge in [0, 0.05) is 23.5 Å². The van der Waals surface area contributed by atoms with Crippen LogP contribution in [0.1, 0.15) is 28.1 Å². The number of methoxy groups -OCH3 is 1. The zero-order valence-corrected chi connectivity index (χ0v) is 20.3. The Bertz CT molecular complexity index is 1400. The molecule has 0 N–H and O–H groups in total. The number of halogens is 2. The Morgan fingerprint density at radius 1 is 1.11 bits per heavy atom. The van der Waals surface area contributed by atoms with Crippen molar-refractivity contribution >= 4 is 23.0 Å². The van der Waals surface area contributed by atoms with Crippen LogP contribution in [0.25, 0.3) is 21.6 Å². The molecule has 184 valence electrons. The summed E-state index contributed by atoms with van der Waals surface area (Å²) in [6.45, 7) is 1.39. The molecule has 36 heavy (non-hydrogen) atoms. The smallest absolute Gasteiger partial charge is 0.263 e. The van der Waals surface area contributed by atoms with E-state index in [0.29, 0.717) is 59.0 Å². The average Bonchev–Trinajstić information content (AvgIpc) is 3.48. The molecule has 0 saturated carbocycles. The highest BCUT2D eigenvalue weighted by Gasteiger charge is 2.46. The van der Waals surface area contributed by atoms with Gasteiger partial charge in [-0.3, -0.25) is 9.59 Å². The first-order valence-corrected chi connectivity index (χ1v) is 12.2. The normalized spacial score (nSPS) is 16.8. The quantitative estimate of drug-likeness (QED) is 0.492. The number of rotatable bonds is 4. The van der Waals surface area contributed by atoms with Crippen LogP contribution in [0.3, 0.4) is 0 Å². The topological polar surface area (TPSA) is 79.6 Å². The van der Waals surface area contributed by atoms with Gasteiger partial charge in [0.2, 0.25) is 0 Å². The second-order valence-electron chi connectivity index (χ2n) is 9.00. The molecule has 1 aromatic heterocycles. The van der Waals surface area contributed by atoms with Crippen molar-refractivity contribution in [3.8, 4) is 33.4 Å². The first-order chi connectivity index (χ1) is 17.3. The highest BCUT2D eigenvalue weighted by Crippen LogP contribution is 2.42. The van der Waals surface area contributed by atoms with Gasteiger partial charge in [-0.1, -0.05) is 6.07 Å². The van der Waals surface area contributed by atoms with E-state index >= 15 is 0 Å². The first kappa shape index (κ1) is 24.1. The number of amides is 1. The maximum Gasteiger partial charge on any atom is 0.263 e. The summed E-state index contributed by atoms with van der Waals surface area (Å²) in [7, 11) is 1.37. The Kier molecular flexibility index (Phi) is 6.33. The zero-order valence-electron chi connectivity index (χ0n) is 19.5. The number of likely N-dealkylation sites (tertiary alicyclic amines) is 1. The molecule has 3 heterocycles. The molecule has 3 aromatic rings. The molecule has 1 amide bonds. The van der Waals surface area contributed by atoms with Gasteiger partial charge in [-0.2, -0.15) is 5.26 Å². The van der Waals surface area contributed by atoms with Crippen molar-refractivity contribution in [1.29, 1.82) is 5.26 Å². The number of hydrogen-bond acceptors (Lipinski definition) is 6. The van der Waals surface area contributed by atoms with Crippen LogP contribution in [0, 0.1) is 28.4 Å². The molecular weight excluding hydrogens is 486 g/mol. The molecule has 6 nitrogen and oxygen atoms in total. The number of benzene rings is 2. The van der Waals surface area contributed by atoms with Crippen LogP contribution in [0.4, 0.5) is 8.78 Å². The van der Waals surface area contributed by atoms with Crippen LogP contribution < -0.4 is 4.74 Å². The van der Waals surface area contributed by atoms with E-state index in [1.165, 1.54) is 42.7 Å². The van der Waals surface area contributed by atoms with Crippen LogP contribution in [0.15, 0.2) is 42.5 Å². The van der Waals surface area contributed by atoms with Gasteiger partial charge in [-0.05, 0) is 60.4 Å². The largest absolute Gasteiger partial charge is 0.494 e. The summed E-state index contributed by atoms with van der Waals surface area (Å²) in [5, 5.41) is 9.09. The van der Waals surface area contributed by atoms with Crippen LogP contribution in [-0.4, -0.2) is 50.0 Å². The number of nitrogens with zero attached hydrogens (tertiary/aromatic N) is 2. The SMILES string of the molecule is COc1ccc(-c2sc(C(=O)N3CCC4(CC3)COCC4=O)cc2-c2ccc(C#N)c(F)c2)cc1F. The lowest BCUT2D eigenvalue weighted by molar-refractivity contribution is -0.126. The fraction of sp³-hybridized carbons (Fsp3) is 0.296. The minimum absolute atomic E-state index is 0.0880. The number of carbonyl (C=O) groups excluding carboxylic acids is 2. The molecule has 2 aromatic carbocycles. The van der Waals surface area contributed by atoms with Crippen molar-refractivity contribution in [2.75, 3.05) is 33.4 Å². The van der Waals surface area contributed by atoms with Gasteiger partial charge in [0.15, 0.2) is 17.3 Å². The van der Waals surface area contributed by atoms with Crippen molar-refractivity contribution in [2.24, 2.45) is 5.41 Å². The van der Waals surface area contributed by atoms with Crippen molar-refractivity contribution in [2.45, 2.75) is 12.8 Å². The summed E-state index contributed by atoms with van der Waals surface area (Å²) in [5.74, 6) is -1.24. The number of ether oxygens (including phenoxy) is 2. The summed E-state index contributed by atoms with van der Waals surface area (Å²) < 4.78 is 39.4. The summed E-state index contributed by atoms with van der Waals surface area (Å²) >= 11 is 1.19. The Hall–Kier alpha value is -3.61. The first-order valence-electron chi connectivity index (χ1n) is 11.4. The average molecular weight is 509 g/mol. The Labute approximate surface area is 210 Å². The fourth-order valence-electron chi connectivity index (χ4n) is 4.80. The van der Waals surface area contributed by atoms with Crippen LogP contribution in [0.5, 0.6) is 5.75 Å². The number of thiophene rings is 1. The van der Waals surface area contributed by atoms with Gasteiger partial charge in [-0.25, -0.2) is 8.78 Å². The lowest BCUT2D eigenvalue weighted by Gasteiger charge is -2.36. The van der Waals surface area contributed by atoms with Crippen molar-refractivity contribution in [1.82, 2.24) is 4.90 Å². The van der Waals surface area contributed by atoms with E-state index < -0.39 is 17.0 Å². The molecule has 0 aliphatic carbocycles. The summed E-state index contributed by atoms with van der Waals surface area (Å²) in [4.78, 5) is 28.5. The summed E-state index contributed by atoms with van der Waals surface area (Å²) in [6.07, 6.45) is 1.10. The molecule has 0 bridgehead atoms. The van der Waals surface area contributed by atoms with Gasteiger partial charge in [0.1, 0.15) is 18.5 Å². The lowest BCUT2D eigenvalue weighted by atomic mass is 9.77. The predicted molar refractivity (Wildman–Crippen MR) is 130 cm³/mol. The second kappa shape index (κ2) is 9.45. The molecule has 2 aliphatic rings. The molecular formula is C27H22F2N2O4S. The molecule has 2 aliphatic heterocycles. The van der Waals surface area contributed by atoms with Crippen LogP contribution >= 0.6 is 11.3 Å². The number of piperidine rings is 1. The number of carbonyl (C=O) groups is 2. The Morgan fingerprint density at radius 3 is 2.44 bits per heavy atom. The number of ketones is 1. The third-order valence-corrected chi connectivity index (χ3v) is 8.14. The van der Waals surface area contributed by atoms with Gasteiger partial charge in [0.05, 0.1) is 29.6 Å². The zero-order chi connectivity index (χ0) is 25.4. The van der Waals surface area contributed by atoms with Gasteiger partial charge in [0.25, 0.3) is 5.91 Å². The summed E-state index contributed by atoms with van der Waals surface area (Å²) in [6, 6.07) is 12.2. The standard InChI is InChI=1S/C27H22F2N2O4S/c1-34-22-5-4-17(11-21(22)29)25-19(16-2-3-18(13-30)20(28)10-16)12-23(36-25)26(33)31-8-6-27(7-9-31)15-35-14-24(27)32/h2-5,10-12H,6-9,14-15H2,1H3. The minimum Gasteiger partial charge on any atom is -0.494 e. The molecule has 2 fully saturated rings. The highest BCUT2D eigenvalue weighted by molar-refractivity contribution is 7.18. The van der Waals surface area contributed by atoms with E-state index in [4.69, 9.17) is 14.7 Å². The van der Waals surface area contributed by atoms with E-state index in [9.17, 15) is 18.4 Å². The van der Waals surface area contributed by atoms with E-state index in [0.717, 1.165) is 0 Å². The van der Waals surface area contributed by atoms with Gasteiger partial charge >= 0.3 is 0 Å². The highest BCUT2D eigenvalue weighted by atomic mass is 32.1. The van der Waals surface area contributed by atoms with Gasteiger partial charge in [-0.15, -0.1) is 11.3 Å². The van der Waals surface area contributed by atoms with E-state index in [-0.39, 0.29) is 29.6 Å². The molecule has 0 atom stereocenters. The minimum atomic E-state index is -0.675. The maximum absolute atomic E-state index is 14.5. The lowest BCUT2D eigenvalue weighted by Crippen LogP contribution is -2.46. The number of Topliss-reactive ketones (excluding diaryl/α,β-unsaturated/α-hetero) is 1. The van der Waals surface area contributed by atoms with Crippen molar-refractivity contribution in [3.63, 3.8) is 0 Å². The van der Waals surface area contributed by atoms with Crippen molar-refractivity contribution < 1.29 is 27.8 Å². The third-order valence-electron chi connectivity index (χ3n) is 6.97. The fourth-order valence-corrected chi connectivity index (χ4v) is 5.94. The summed E-state index contributed by atoms with van der Waals surface area (Å²) in [5.41, 5.74) is 0.963. The Balaban J connectivity index is 1.51. The van der Waals surface area contributed by atoms with E-state index in [2.05, 4.69) is 0 Å². The maximum atomic E-state index is 14.5. The number of nitriles is 1. The predicted octanol–water partition coefficient (Wildman–Crippen LogP) is 5.06.